The fourth-order valence-electron chi connectivity index (χ4n) is 3.98. The standard InChI is InChI=1S/C22H28Cl2N6OS/c1-3-4-5-10-29-15(2)30(21(31)19-20(29)27-22(24)26-19)11-6-7-16-12-25-28(13-16)14-17-8-9-18(23)32-17/h8-9,12-13,22,26-27H,2-7,10-11,14H2,1H3. The second-order valence-corrected chi connectivity index (χ2v) is 10.2. The van der Waals surface area contributed by atoms with Crippen LogP contribution in [0.5, 0.6) is 0 Å². The quantitative estimate of drug-likeness (QED) is 0.293. The molecule has 2 aliphatic rings. The summed E-state index contributed by atoms with van der Waals surface area (Å²) in [4.78, 5) is 18.1. The van der Waals surface area contributed by atoms with Gasteiger partial charge in [-0.15, -0.1) is 11.3 Å². The normalized spacial score (nSPS) is 18.3. The van der Waals surface area contributed by atoms with Gasteiger partial charge >= 0.3 is 0 Å². The Morgan fingerprint density at radius 3 is 2.75 bits per heavy atom. The number of nitrogens with one attached hydrogen (secondary N) is 2. The van der Waals surface area contributed by atoms with Crippen molar-refractivity contribution >= 4 is 40.4 Å². The zero-order chi connectivity index (χ0) is 22.7. The molecular formula is C22H28Cl2N6OS. The van der Waals surface area contributed by atoms with Crippen LogP contribution in [0.3, 0.4) is 0 Å². The van der Waals surface area contributed by atoms with Crippen LogP contribution in [0.1, 0.15) is 43.0 Å². The van der Waals surface area contributed by atoms with Gasteiger partial charge in [0.1, 0.15) is 17.3 Å². The van der Waals surface area contributed by atoms with Crippen molar-refractivity contribution in [3.63, 3.8) is 0 Å². The van der Waals surface area contributed by atoms with E-state index in [4.69, 9.17) is 23.2 Å². The molecule has 32 heavy (non-hydrogen) atoms. The van der Waals surface area contributed by atoms with E-state index in [1.807, 2.05) is 23.0 Å². The maximum atomic E-state index is 13.1. The molecular weight excluding hydrogens is 467 g/mol. The predicted octanol–water partition coefficient (Wildman–Crippen LogP) is 4.27. The van der Waals surface area contributed by atoms with E-state index in [9.17, 15) is 4.79 Å². The molecule has 0 aliphatic carbocycles. The van der Waals surface area contributed by atoms with Gasteiger partial charge < -0.3 is 15.5 Å². The molecule has 1 amide bonds. The third kappa shape index (κ3) is 5.08. The molecule has 0 saturated carbocycles. The molecule has 1 unspecified atom stereocenters. The van der Waals surface area contributed by atoms with Gasteiger partial charge in [0.15, 0.2) is 5.62 Å². The smallest absolute Gasteiger partial charge is 0.279 e. The van der Waals surface area contributed by atoms with E-state index >= 15 is 0 Å². The minimum atomic E-state index is -0.491. The highest BCUT2D eigenvalue weighted by Gasteiger charge is 2.39. The minimum absolute atomic E-state index is 0.0855. The molecule has 7 nitrogen and oxygen atoms in total. The molecule has 0 radical (unpaired) electrons. The van der Waals surface area contributed by atoms with Gasteiger partial charge in [0, 0.05) is 24.2 Å². The lowest BCUT2D eigenvalue weighted by molar-refractivity contribution is -0.127. The largest absolute Gasteiger partial charge is 0.345 e. The van der Waals surface area contributed by atoms with E-state index in [0.717, 1.165) is 54.4 Å². The van der Waals surface area contributed by atoms with Gasteiger partial charge in [-0.2, -0.15) is 5.10 Å². The van der Waals surface area contributed by atoms with Gasteiger partial charge in [0.2, 0.25) is 0 Å². The monoisotopic (exact) mass is 494 g/mol. The van der Waals surface area contributed by atoms with Crippen molar-refractivity contribution < 1.29 is 4.79 Å². The Bertz CT molecular complexity index is 1020. The summed E-state index contributed by atoms with van der Waals surface area (Å²) in [6.45, 7) is 8.49. The van der Waals surface area contributed by atoms with Gasteiger partial charge in [0.25, 0.3) is 5.91 Å². The number of hydrogen-bond donors (Lipinski definition) is 2. The molecule has 2 aromatic rings. The van der Waals surface area contributed by atoms with Crippen molar-refractivity contribution in [1.29, 1.82) is 0 Å². The maximum absolute atomic E-state index is 13.1. The number of rotatable bonds is 10. The Labute approximate surface area is 202 Å². The summed E-state index contributed by atoms with van der Waals surface area (Å²) in [6.07, 6.45) is 8.86. The van der Waals surface area contributed by atoms with Crippen LogP contribution >= 0.6 is 34.5 Å². The summed E-state index contributed by atoms with van der Waals surface area (Å²) in [5, 5.41) is 10.7. The number of carbonyl (C=O) groups excluding carboxylic acids is 1. The van der Waals surface area contributed by atoms with Gasteiger partial charge in [-0.1, -0.05) is 49.5 Å². The van der Waals surface area contributed by atoms with E-state index in [2.05, 4.69) is 40.3 Å². The number of thiophene rings is 1. The Kier molecular flexibility index (Phi) is 7.33. The number of aromatic nitrogens is 2. The van der Waals surface area contributed by atoms with E-state index in [0.29, 0.717) is 24.6 Å². The summed E-state index contributed by atoms with van der Waals surface area (Å²) in [6, 6.07) is 3.93. The first-order valence-electron chi connectivity index (χ1n) is 10.9. The average molecular weight is 495 g/mol. The van der Waals surface area contributed by atoms with Gasteiger partial charge in [-0.05, 0) is 37.0 Å². The first kappa shape index (κ1) is 23.0. The topological polar surface area (TPSA) is 65.4 Å². The molecule has 0 saturated heterocycles. The van der Waals surface area contributed by atoms with E-state index in [-0.39, 0.29) is 5.91 Å². The molecule has 0 bridgehead atoms. The van der Waals surface area contributed by atoms with Crippen molar-refractivity contribution in [2.75, 3.05) is 13.1 Å². The number of halogens is 2. The van der Waals surface area contributed by atoms with E-state index in [1.165, 1.54) is 4.88 Å². The Morgan fingerprint density at radius 2 is 2.00 bits per heavy atom. The molecule has 2 aliphatic heterocycles. The van der Waals surface area contributed by atoms with Gasteiger partial charge in [-0.3, -0.25) is 14.4 Å². The van der Waals surface area contributed by atoms with Crippen LogP contribution in [0.2, 0.25) is 4.34 Å². The molecule has 4 rings (SSSR count). The zero-order valence-electron chi connectivity index (χ0n) is 18.1. The summed E-state index contributed by atoms with van der Waals surface area (Å²) in [5.74, 6) is 1.36. The third-order valence-electron chi connectivity index (χ3n) is 5.59. The summed E-state index contributed by atoms with van der Waals surface area (Å²) in [7, 11) is 0. The van der Waals surface area contributed by atoms with E-state index < -0.39 is 5.62 Å². The molecule has 2 N–H and O–H groups in total. The Hall–Kier alpha value is -2.16. The second kappa shape index (κ2) is 10.2. The number of hydrogen-bond acceptors (Lipinski definition) is 6. The first-order valence-corrected chi connectivity index (χ1v) is 12.5. The number of carbonyl (C=O) groups is 1. The molecule has 4 heterocycles. The fraction of sp³-hybridized carbons (Fsp3) is 0.455. The fourth-order valence-corrected chi connectivity index (χ4v) is 5.27. The number of amides is 1. The summed E-state index contributed by atoms with van der Waals surface area (Å²) in [5.41, 5.74) is 1.18. The Morgan fingerprint density at radius 1 is 1.19 bits per heavy atom. The van der Waals surface area contributed by atoms with E-state index in [1.54, 1.807) is 16.2 Å². The number of unbranched alkanes of at least 4 members (excludes halogenated alkanes) is 2. The van der Waals surface area contributed by atoms with Crippen LogP contribution in [-0.2, 0) is 17.8 Å². The zero-order valence-corrected chi connectivity index (χ0v) is 20.4. The highest BCUT2D eigenvalue weighted by molar-refractivity contribution is 7.16. The molecule has 172 valence electrons. The van der Waals surface area contributed by atoms with Crippen LogP contribution in [0.15, 0.2) is 48.4 Å². The molecule has 2 aromatic heterocycles. The van der Waals surface area contributed by atoms with Gasteiger partial charge in [0.05, 0.1) is 17.1 Å². The highest BCUT2D eigenvalue weighted by atomic mass is 35.5. The van der Waals surface area contributed by atoms with Crippen LogP contribution in [0.4, 0.5) is 0 Å². The average Bonchev–Trinajstić information content (AvgIpc) is 3.48. The highest BCUT2D eigenvalue weighted by Crippen LogP contribution is 2.29. The Balaban J connectivity index is 1.36. The lowest BCUT2D eigenvalue weighted by Gasteiger charge is -2.38. The summed E-state index contributed by atoms with van der Waals surface area (Å²) >= 11 is 13.8. The minimum Gasteiger partial charge on any atom is -0.345 e. The molecule has 1 atom stereocenters. The van der Waals surface area contributed by atoms with Crippen LogP contribution in [0, 0.1) is 0 Å². The maximum Gasteiger partial charge on any atom is 0.279 e. The first-order chi connectivity index (χ1) is 15.5. The predicted molar refractivity (Wildman–Crippen MR) is 129 cm³/mol. The van der Waals surface area contributed by atoms with Crippen molar-refractivity contribution in [2.24, 2.45) is 0 Å². The van der Waals surface area contributed by atoms with Crippen LogP contribution in [-0.4, -0.2) is 44.2 Å². The van der Waals surface area contributed by atoms with Gasteiger partial charge in [-0.25, -0.2) is 0 Å². The lowest BCUT2D eigenvalue weighted by Crippen LogP contribution is -2.47. The lowest BCUT2D eigenvalue weighted by atomic mass is 10.1. The third-order valence-corrected chi connectivity index (χ3v) is 7.02. The second-order valence-electron chi connectivity index (χ2n) is 7.96. The molecule has 10 heteroatoms. The van der Waals surface area contributed by atoms with Crippen molar-refractivity contribution in [3.05, 3.63) is 63.2 Å². The SMILES string of the molecule is C=C1N(CCCc2cnn(Cc3ccc(Cl)s3)c2)C(=O)C2=C(NC(Cl)N2)N1CCCCC. The van der Waals surface area contributed by atoms with Crippen molar-refractivity contribution in [3.8, 4) is 0 Å². The summed E-state index contributed by atoms with van der Waals surface area (Å²) < 4.78 is 2.71. The number of aryl methyl sites for hydroxylation is 1. The molecule has 0 spiro atoms. The molecule has 0 fully saturated rings. The molecule has 0 aromatic carbocycles. The van der Waals surface area contributed by atoms with Crippen molar-refractivity contribution in [2.45, 2.75) is 51.2 Å². The van der Waals surface area contributed by atoms with Crippen molar-refractivity contribution in [1.82, 2.24) is 30.2 Å². The van der Waals surface area contributed by atoms with Crippen LogP contribution < -0.4 is 10.6 Å². The van der Waals surface area contributed by atoms with Crippen LogP contribution in [0.25, 0.3) is 0 Å². The number of alkyl halides is 1. The number of nitrogens with zero attached hydrogens (tertiary/aromatic N) is 4.